The Kier molecular flexibility index (Phi) is 4.73. The third kappa shape index (κ3) is 3.36. The number of aromatic amines is 1. The number of aromatic nitrogens is 4. The van der Waals surface area contributed by atoms with Crippen LogP contribution in [0.15, 0.2) is 36.8 Å². The molecule has 3 aromatic rings. The van der Waals surface area contributed by atoms with E-state index in [9.17, 15) is 4.79 Å². The van der Waals surface area contributed by atoms with Crippen molar-refractivity contribution in [3.05, 3.63) is 48.2 Å². The van der Waals surface area contributed by atoms with Crippen LogP contribution in [0.1, 0.15) is 31.2 Å². The highest BCUT2D eigenvalue weighted by atomic mass is 16.2. The number of nitrogens with one attached hydrogen (secondary N) is 1. The van der Waals surface area contributed by atoms with Crippen molar-refractivity contribution in [2.75, 3.05) is 13.1 Å². The van der Waals surface area contributed by atoms with E-state index < -0.39 is 0 Å². The molecule has 1 atom stereocenters. The second-order valence-electron chi connectivity index (χ2n) is 7.09. The number of H-pyrrole nitrogens is 1. The average Bonchev–Trinajstić information content (AvgIpc) is 3.40. The third-order valence-electron chi connectivity index (χ3n) is 5.43. The zero-order chi connectivity index (χ0) is 17.9. The van der Waals surface area contributed by atoms with E-state index in [-0.39, 0.29) is 5.91 Å². The van der Waals surface area contributed by atoms with E-state index in [2.05, 4.69) is 38.8 Å². The lowest BCUT2D eigenvalue weighted by molar-refractivity contribution is -0.130. The van der Waals surface area contributed by atoms with Crippen molar-refractivity contribution in [3.8, 4) is 0 Å². The van der Waals surface area contributed by atoms with Crippen molar-refractivity contribution in [1.82, 2.24) is 24.6 Å². The molecule has 1 aliphatic rings. The van der Waals surface area contributed by atoms with Crippen LogP contribution in [0.4, 0.5) is 0 Å². The normalized spacial score (nSPS) is 17.3. The van der Waals surface area contributed by atoms with Crippen LogP contribution in [-0.2, 0) is 24.2 Å². The molecule has 0 saturated carbocycles. The standard InChI is InChI=1S/C20H25N5O/c1-2-24-14-22-23-19(24)11-15-9-10-25(13-15)20(26)8-7-16-12-21-18-6-4-3-5-17(16)18/h3-6,12,14-15,21H,2,7-11,13H2,1H3. The maximum absolute atomic E-state index is 12.6. The molecule has 0 spiro atoms. The van der Waals surface area contributed by atoms with E-state index in [1.807, 2.05) is 23.2 Å². The number of para-hydroxylation sites is 1. The quantitative estimate of drug-likeness (QED) is 0.742. The Balaban J connectivity index is 1.32. The Labute approximate surface area is 153 Å². The monoisotopic (exact) mass is 351 g/mol. The van der Waals surface area contributed by atoms with E-state index in [0.717, 1.165) is 50.2 Å². The number of likely N-dealkylation sites (tertiary alicyclic amines) is 1. The molecule has 1 unspecified atom stereocenters. The molecule has 4 rings (SSSR count). The van der Waals surface area contributed by atoms with Crippen molar-refractivity contribution in [3.63, 3.8) is 0 Å². The summed E-state index contributed by atoms with van der Waals surface area (Å²) in [5, 5.41) is 9.45. The Morgan fingerprint density at radius 2 is 2.23 bits per heavy atom. The van der Waals surface area contributed by atoms with E-state index in [4.69, 9.17) is 0 Å². The van der Waals surface area contributed by atoms with E-state index >= 15 is 0 Å². The smallest absolute Gasteiger partial charge is 0.222 e. The second kappa shape index (κ2) is 7.32. The molecule has 1 aliphatic heterocycles. The van der Waals surface area contributed by atoms with Gasteiger partial charge in [0.2, 0.25) is 5.91 Å². The number of carbonyl (C=O) groups is 1. The molecular weight excluding hydrogens is 326 g/mol. The summed E-state index contributed by atoms with van der Waals surface area (Å²) in [4.78, 5) is 17.9. The van der Waals surface area contributed by atoms with Crippen molar-refractivity contribution >= 4 is 16.8 Å². The highest BCUT2D eigenvalue weighted by molar-refractivity contribution is 5.84. The minimum absolute atomic E-state index is 0.259. The molecule has 1 saturated heterocycles. The van der Waals surface area contributed by atoms with Crippen molar-refractivity contribution in [2.45, 2.75) is 39.2 Å². The number of amides is 1. The molecule has 1 fully saturated rings. The van der Waals surface area contributed by atoms with Crippen LogP contribution < -0.4 is 0 Å². The van der Waals surface area contributed by atoms with E-state index in [1.54, 1.807) is 6.33 Å². The summed E-state index contributed by atoms with van der Waals surface area (Å²) in [7, 11) is 0. The predicted octanol–water partition coefficient (Wildman–Crippen LogP) is 2.80. The van der Waals surface area contributed by atoms with E-state index in [0.29, 0.717) is 12.3 Å². The predicted molar refractivity (Wildman–Crippen MR) is 101 cm³/mol. The Morgan fingerprint density at radius 1 is 1.35 bits per heavy atom. The molecule has 0 aliphatic carbocycles. The summed E-state index contributed by atoms with van der Waals surface area (Å²) >= 11 is 0. The fourth-order valence-electron chi connectivity index (χ4n) is 3.92. The van der Waals surface area contributed by atoms with Crippen LogP contribution in [0.3, 0.4) is 0 Å². The van der Waals surface area contributed by atoms with Gasteiger partial charge in [0.25, 0.3) is 0 Å². The van der Waals surface area contributed by atoms with Gasteiger partial charge < -0.3 is 14.5 Å². The lowest BCUT2D eigenvalue weighted by Gasteiger charge is -2.16. The average molecular weight is 351 g/mol. The molecule has 1 N–H and O–H groups in total. The van der Waals surface area contributed by atoms with Gasteiger partial charge in [-0.3, -0.25) is 4.79 Å². The van der Waals surface area contributed by atoms with E-state index in [1.165, 1.54) is 10.9 Å². The summed E-state index contributed by atoms with van der Waals surface area (Å²) < 4.78 is 2.08. The molecule has 3 heterocycles. The van der Waals surface area contributed by atoms with Gasteiger partial charge in [0.15, 0.2) is 0 Å². The lowest BCUT2D eigenvalue weighted by Crippen LogP contribution is -2.29. The highest BCUT2D eigenvalue weighted by Gasteiger charge is 2.27. The molecule has 0 bridgehead atoms. The maximum atomic E-state index is 12.6. The number of benzene rings is 1. The largest absolute Gasteiger partial charge is 0.361 e. The number of nitrogens with zero attached hydrogens (tertiary/aromatic N) is 4. The number of carbonyl (C=O) groups excluding carboxylic acids is 1. The van der Waals surface area contributed by atoms with Gasteiger partial charge in [0.1, 0.15) is 12.2 Å². The van der Waals surface area contributed by atoms with Crippen molar-refractivity contribution in [2.24, 2.45) is 5.92 Å². The van der Waals surface area contributed by atoms with Crippen molar-refractivity contribution in [1.29, 1.82) is 0 Å². The first kappa shape index (κ1) is 16.8. The first-order chi connectivity index (χ1) is 12.7. The topological polar surface area (TPSA) is 66.8 Å². The van der Waals surface area contributed by atoms with Crippen LogP contribution in [0.5, 0.6) is 0 Å². The number of rotatable bonds is 6. The number of aryl methyl sites for hydroxylation is 2. The third-order valence-corrected chi connectivity index (χ3v) is 5.43. The molecule has 6 nitrogen and oxygen atoms in total. The summed E-state index contributed by atoms with van der Waals surface area (Å²) in [6, 6.07) is 8.25. The lowest BCUT2D eigenvalue weighted by atomic mass is 10.0. The summed E-state index contributed by atoms with van der Waals surface area (Å²) in [6.07, 6.45) is 7.13. The van der Waals surface area contributed by atoms with Crippen molar-refractivity contribution < 1.29 is 4.79 Å². The molecular formula is C20H25N5O. The molecule has 1 amide bonds. The zero-order valence-electron chi connectivity index (χ0n) is 15.2. The SMILES string of the molecule is CCn1cnnc1CC1CCN(C(=O)CCc2c[nH]c3ccccc23)C1. The minimum Gasteiger partial charge on any atom is -0.361 e. The minimum atomic E-state index is 0.259. The Morgan fingerprint density at radius 3 is 3.12 bits per heavy atom. The molecule has 26 heavy (non-hydrogen) atoms. The highest BCUT2D eigenvalue weighted by Crippen LogP contribution is 2.23. The molecule has 2 aromatic heterocycles. The molecule has 1 aromatic carbocycles. The molecule has 6 heteroatoms. The molecule has 0 radical (unpaired) electrons. The fraction of sp³-hybridized carbons (Fsp3) is 0.450. The maximum Gasteiger partial charge on any atom is 0.222 e. The van der Waals surface area contributed by atoms with Gasteiger partial charge in [-0.25, -0.2) is 0 Å². The molecule has 136 valence electrons. The number of hydrogen-bond acceptors (Lipinski definition) is 3. The fourth-order valence-corrected chi connectivity index (χ4v) is 3.92. The van der Waals surface area contributed by atoms with Gasteiger partial charge >= 0.3 is 0 Å². The van der Waals surface area contributed by atoms with Gasteiger partial charge in [-0.2, -0.15) is 0 Å². The van der Waals surface area contributed by atoms with Gasteiger partial charge in [0, 0.05) is 49.6 Å². The van der Waals surface area contributed by atoms with Gasteiger partial charge in [-0.05, 0) is 37.3 Å². The summed E-state index contributed by atoms with van der Waals surface area (Å²) in [6.45, 7) is 4.69. The van der Waals surface area contributed by atoms with Gasteiger partial charge in [-0.15, -0.1) is 10.2 Å². The number of hydrogen-bond donors (Lipinski definition) is 1. The van der Waals surface area contributed by atoms with Gasteiger partial charge in [-0.1, -0.05) is 18.2 Å². The zero-order valence-corrected chi connectivity index (χ0v) is 15.2. The Bertz CT molecular complexity index is 896. The van der Waals surface area contributed by atoms with Crippen LogP contribution in [0.2, 0.25) is 0 Å². The summed E-state index contributed by atoms with van der Waals surface area (Å²) in [5.41, 5.74) is 2.36. The van der Waals surface area contributed by atoms with Crippen LogP contribution in [0, 0.1) is 5.92 Å². The summed E-state index contributed by atoms with van der Waals surface area (Å²) in [5.74, 6) is 1.78. The first-order valence-corrected chi connectivity index (χ1v) is 9.44. The second-order valence-corrected chi connectivity index (χ2v) is 7.09. The van der Waals surface area contributed by atoms with Crippen LogP contribution in [-0.4, -0.2) is 43.6 Å². The first-order valence-electron chi connectivity index (χ1n) is 9.44. The Hall–Kier alpha value is -2.63. The van der Waals surface area contributed by atoms with Crippen LogP contribution in [0.25, 0.3) is 10.9 Å². The van der Waals surface area contributed by atoms with Crippen LogP contribution >= 0.6 is 0 Å². The number of fused-ring (bicyclic) bond motifs is 1. The van der Waals surface area contributed by atoms with Gasteiger partial charge in [0.05, 0.1) is 0 Å².